The zero-order chi connectivity index (χ0) is 19.8. The summed E-state index contributed by atoms with van der Waals surface area (Å²) in [6, 6.07) is 12.2. The zero-order valence-electron chi connectivity index (χ0n) is 14.5. The largest absolute Gasteiger partial charge is 0.478 e. The summed E-state index contributed by atoms with van der Waals surface area (Å²) in [5.41, 5.74) is 3.13. The molecule has 2 aromatic carbocycles. The van der Waals surface area contributed by atoms with E-state index in [1.165, 1.54) is 0 Å². The smallest absolute Gasteiger partial charge is 0.339 e. The number of aryl methyl sites for hydroxylation is 1. The van der Waals surface area contributed by atoms with Crippen molar-refractivity contribution in [1.29, 1.82) is 0 Å². The lowest BCUT2D eigenvalue weighted by atomic mass is 9.99. The molecule has 2 N–H and O–H groups in total. The van der Waals surface area contributed by atoms with E-state index in [9.17, 15) is 14.7 Å². The number of aromatic carboxylic acids is 1. The van der Waals surface area contributed by atoms with Crippen molar-refractivity contribution < 1.29 is 19.1 Å². The molecule has 0 atom stereocenters. The number of halogens is 1. The number of hydrogen-bond donors (Lipinski definition) is 2. The first-order valence-electron chi connectivity index (χ1n) is 8.22. The summed E-state index contributed by atoms with van der Waals surface area (Å²) < 4.78 is 5.45. The fraction of sp³-hybridized carbons (Fsp3) is 0.0500. The van der Waals surface area contributed by atoms with Crippen molar-refractivity contribution in [3.63, 3.8) is 0 Å². The Bertz CT molecular complexity index is 1200. The van der Waals surface area contributed by atoms with E-state index in [1.807, 2.05) is 6.92 Å². The molecule has 0 aliphatic rings. The maximum absolute atomic E-state index is 12.5. The Labute approximate surface area is 168 Å². The minimum Gasteiger partial charge on any atom is -0.478 e. The molecule has 0 spiro atoms. The normalized spacial score (nSPS) is 10.9. The van der Waals surface area contributed by atoms with E-state index >= 15 is 0 Å². The number of carbonyl (C=O) groups excluding carboxylic acids is 1. The van der Waals surface area contributed by atoms with Crippen molar-refractivity contribution in [2.75, 3.05) is 5.32 Å². The Morgan fingerprint density at radius 1 is 1.18 bits per heavy atom. The van der Waals surface area contributed by atoms with Gasteiger partial charge in [0, 0.05) is 16.0 Å². The molecule has 0 aliphatic carbocycles. The van der Waals surface area contributed by atoms with Gasteiger partial charge in [0.15, 0.2) is 5.58 Å². The average molecular weight is 413 g/mol. The van der Waals surface area contributed by atoms with Crippen LogP contribution >= 0.6 is 22.9 Å². The van der Waals surface area contributed by atoms with E-state index in [2.05, 4.69) is 10.3 Å². The maximum Gasteiger partial charge on any atom is 0.339 e. The van der Waals surface area contributed by atoms with E-state index in [0.29, 0.717) is 21.7 Å². The summed E-state index contributed by atoms with van der Waals surface area (Å²) in [5, 5.41) is 14.8. The van der Waals surface area contributed by atoms with Crippen molar-refractivity contribution in [2.24, 2.45) is 0 Å². The number of aromatic nitrogens is 1. The number of carboxylic acids is 1. The van der Waals surface area contributed by atoms with Crippen molar-refractivity contribution in [1.82, 2.24) is 4.98 Å². The number of fused-ring (bicyclic) bond motifs is 1. The molecular formula is C20H13ClN2O4S. The fourth-order valence-corrected chi connectivity index (χ4v) is 4.09. The van der Waals surface area contributed by atoms with Gasteiger partial charge in [0.1, 0.15) is 16.1 Å². The van der Waals surface area contributed by atoms with E-state index in [4.69, 9.17) is 16.0 Å². The third kappa shape index (κ3) is 3.26. The molecule has 140 valence electrons. The second-order valence-electron chi connectivity index (χ2n) is 6.06. The van der Waals surface area contributed by atoms with E-state index in [1.54, 1.807) is 47.8 Å². The first kappa shape index (κ1) is 18.2. The predicted molar refractivity (Wildman–Crippen MR) is 108 cm³/mol. The van der Waals surface area contributed by atoms with Gasteiger partial charge in [0.2, 0.25) is 0 Å². The van der Waals surface area contributed by atoms with Crippen molar-refractivity contribution in [2.45, 2.75) is 6.92 Å². The first-order chi connectivity index (χ1) is 13.4. The molecule has 1 amide bonds. The van der Waals surface area contributed by atoms with Crippen LogP contribution in [0.5, 0.6) is 0 Å². The molecule has 0 fully saturated rings. The van der Waals surface area contributed by atoms with Gasteiger partial charge in [-0.2, -0.15) is 0 Å². The van der Waals surface area contributed by atoms with Crippen LogP contribution in [0.1, 0.15) is 26.6 Å². The molecule has 2 aromatic heterocycles. The summed E-state index contributed by atoms with van der Waals surface area (Å²) in [5.74, 6) is -1.88. The highest BCUT2D eigenvalue weighted by Gasteiger charge is 2.24. The summed E-state index contributed by atoms with van der Waals surface area (Å²) in [7, 11) is 0. The Morgan fingerprint density at radius 2 is 1.96 bits per heavy atom. The van der Waals surface area contributed by atoms with Crippen LogP contribution in [0, 0.1) is 6.92 Å². The molecule has 0 bridgehead atoms. The second kappa shape index (κ2) is 7.10. The molecule has 0 radical (unpaired) electrons. The number of hydrogen-bond acceptors (Lipinski definition) is 5. The van der Waals surface area contributed by atoms with Crippen LogP contribution < -0.4 is 5.32 Å². The number of thiophene rings is 1. The minimum atomic E-state index is -1.14. The van der Waals surface area contributed by atoms with Gasteiger partial charge in [-0.1, -0.05) is 29.8 Å². The lowest BCUT2D eigenvalue weighted by Gasteiger charge is -2.07. The highest BCUT2D eigenvalue weighted by atomic mass is 35.5. The number of anilines is 1. The molecule has 4 aromatic rings. The number of nitrogens with zero attached hydrogens (tertiary/aromatic N) is 1. The molecule has 0 saturated heterocycles. The van der Waals surface area contributed by atoms with Crippen LogP contribution in [0.4, 0.5) is 5.00 Å². The van der Waals surface area contributed by atoms with Gasteiger partial charge in [-0.05, 0) is 42.3 Å². The highest BCUT2D eigenvalue weighted by molar-refractivity contribution is 7.15. The number of nitrogens with one attached hydrogen (secondary N) is 1. The molecule has 4 rings (SSSR count). The van der Waals surface area contributed by atoms with Crippen molar-refractivity contribution >= 4 is 50.9 Å². The van der Waals surface area contributed by atoms with Gasteiger partial charge in [0.05, 0.1) is 0 Å². The van der Waals surface area contributed by atoms with Gasteiger partial charge in [-0.3, -0.25) is 4.79 Å². The summed E-state index contributed by atoms with van der Waals surface area (Å²) in [4.78, 5) is 28.6. The van der Waals surface area contributed by atoms with E-state index < -0.39 is 11.9 Å². The Morgan fingerprint density at radius 3 is 2.68 bits per heavy atom. The van der Waals surface area contributed by atoms with Gasteiger partial charge in [0.25, 0.3) is 5.89 Å². The third-order valence-electron chi connectivity index (χ3n) is 4.20. The number of carboxylic acid groups (broad SMARTS) is 1. The topological polar surface area (TPSA) is 92.4 Å². The van der Waals surface area contributed by atoms with Crippen LogP contribution in [0.15, 0.2) is 52.3 Å². The number of oxazole rings is 1. The predicted octanol–water partition coefficient (Wildman–Crippen LogP) is 5.47. The number of para-hydroxylation sites is 2. The van der Waals surface area contributed by atoms with Gasteiger partial charge in [-0.25, -0.2) is 9.78 Å². The highest BCUT2D eigenvalue weighted by Crippen LogP contribution is 2.38. The summed E-state index contributed by atoms with van der Waals surface area (Å²) in [6.07, 6.45) is 0. The van der Waals surface area contributed by atoms with E-state index in [-0.39, 0.29) is 16.5 Å². The fourth-order valence-electron chi connectivity index (χ4n) is 2.92. The van der Waals surface area contributed by atoms with Gasteiger partial charge < -0.3 is 14.8 Å². The minimum absolute atomic E-state index is 0.0138. The zero-order valence-corrected chi connectivity index (χ0v) is 16.1. The lowest BCUT2D eigenvalue weighted by molar-refractivity contribution is 0.0699. The quantitative estimate of drug-likeness (QED) is 0.463. The van der Waals surface area contributed by atoms with Gasteiger partial charge in [-0.15, -0.1) is 11.3 Å². The van der Waals surface area contributed by atoms with E-state index in [0.717, 1.165) is 22.5 Å². The van der Waals surface area contributed by atoms with Crippen LogP contribution in [0.2, 0.25) is 5.02 Å². The molecule has 8 heteroatoms. The lowest BCUT2D eigenvalue weighted by Crippen LogP contribution is -2.13. The Balaban J connectivity index is 1.71. The Kier molecular flexibility index (Phi) is 4.62. The van der Waals surface area contributed by atoms with Crippen LogP contribution in [-0.4, -0.2) is 22.0 Å². The monoisotopic (exact) mass is 412 g/mol. The maximum atomic E-state index is 12.5. The molecular weight excluding hydrogens is 400 g/mol. The van der Waals surface area contributed by atoms with Crippen molar-refractivity contribution in [3.05, 3.63) is 69.9 Å². The Hall–Kier alpha value is -3.16. The molecule has 0 saturated carbocycles. The average Bonchev–Trinajstić information content (AvgIpc) is 3.26. The molecule has 28 heavy (non-hydrogen) atoms. The second-order valence-corrected chi connectivity index (χ2v) is 7.37. The first-order valence-corrected chi connectivity index (χ1v) is 9.48. The van der Waals surface area contributed by atoms with Crippen LogP contribution in [0.25, 0.3) is 22.2 Å². The molecule has 0 unspecified atom stereocenters. The van der Waals surface area contributed by atoms with Gasteiger partial charge >= 0.3 is 11.9 Å². The SMILES string of the molecule is Cc1cc(Cl)ccc1-c1csc(NC(=O)c2nc3ccccc3o2)c1C(=O)O. The van der Waals surface area contributed by atoms with Crippen molar-refractivity contribution in [3.8, 4) is 11.1 Å². The number of carbonyl (C=O) groups is 2. The number of rotatable bonds is 4. The summed E-state index contributed by atoms with van der Waals surface area (Å²) in [6.45, 7) is 1.85. The van der Waals surface area contributed by atoms with Crippen LogP contribution in [-0.2, 0) is 0 Å². The van der Waals surface area contributed by atoms with Crippen LogP contribution in [0.3, 0.4) is 0 Å². The standard InChI is InChI=1S/C20H13ClN2O4S/c1-10-8-11(21)6-7-12(10)13-9-28-19(16(13)20(25)26)23-17(24)18-22-14-4-2-3-5-15(14)27-18/h2-9H,1H3,(H,23,24)(H,25,26). The molecule has 0 aliphatic heterocycles. The number of amides is 1. The molecule has 2 heterocycles. The third-order valence-corrected chi connectivity index (χ3v) is 5.33. The molecule has 6 nitrogen and oxygen atoms in total. The number of benzene rings is 2. The summed E-state index contributed by atoms with van der Waals surface area (Å²) >= 11 is 7.12.